The van der Waals surface area contributed by atoms with Crippen molar-refractivity contribution in [3.05, 3.63) is 0 Å². The molecule has 0 amide bonds. The second kappa shape index (κ2) is 7.67. The van der Waals surface area contributed by atoms with Crippen molar-refractivity contribution < 1.29 is 34.4 Å². The summed E-state index contributed by atoms with van der Waals surface area (Å²) in [6.45, 7) is 8.43. The van der Waals surface area contributed by atoms with E-state index in [0.29, 0.717) is 18.8 Å². The Kier molecular flexibility index (Phi) is 5.74. The molecular weight excluding hydrogens is 412 g/mol. The number of rotatable bonds is 3. The zero-order chi connectivity index (χ0) is 23.7. The Bertz CT molecular complexity index is 784. The van der Waals surface area contributed by atoms with Crippen molar-refractivity contribution in [2.24, 2.45) is 28.6 Å². The van der Waals surface area contributed by atoms with Crippen LogP contribution in [0, 0.1) is 28.6 Å². The second-order valence-electron chi connectivity index (χ2n) is 11.6. The van der Waals surface area contributed by atoms with Crippen molar-refractivity contribution in [1.29, 1.82) is 0 Å². The molecule has 0 heterocycles. The van der Waals surface area contributed by atoms with Gasteiger partial charge in [0.05, 0.1) is 17.1 Å². The second-order valence-corrected chi connectivity index (χ2v) is 11.6. The van der Waals surface area contributed by atoms with Crippen molar-refractivity contribution in [3.63, 3.8) is 0 Å². The van der Waals surface area contributed by atoms with Crippen LogP contribution in [0.4, 0.5) is 0 Å². The van der Waals surface area contributed by atoms with E-state index in [1.807, 2.05) is 6.92 Å². The molecule has 0 spiro atoms. The van der Waals surface area contributed by atoms with Gasteiger partial charge in [-0.25, -0.2) is 0 Å². The Morgan fingerprint density at radius 1 is 0.938 bits per heavy atom. The van der Waals surface area contributed by atoms with Crippen LogP contribution in [0.15, 0.2) is 0 Å². The topological polar surface area (TPSA) is 113 Å². The van der Waals surface area contributed by atoms with Crippen LogP contribution < -0.4 is 0 Å². The van der Waals surface area contributed by atoms with Gasteiger partial charge in [-0.15, -0.1) is 0 Å². The highest BCUT2D eigenvalue weighted by Gasteiger charge is 2.77. The van der Waals surface area contributed by atoms with E-state index in [4.69, 9.17) is 9.47 Å². The molecular formula is C25H40O7. The van der Waals surface area contributed by atoms with E-state index >= 15 is 0 Å². The zero-order valence-electron chi connectivity index (χ0n) is 20.1. The van der Waals surface area contributed by atoms with Gasteiger partial charge < -0.3 is 24.8 Å². The number of hydrogen-bond acceptors (Lipinski definition) is 7. The van der Waals surface area contributed by atoms with Gasteiger partial charge in [0.25, 0.3) is 0 Å². The van der Waals surface area contributed by atoms with Gasteiger partial charge in [0.15, 0.2) is 0 Å². The number of fused-ring (bicyclic) bond motifs is 5. The first-order valence-corrected chi connectivity index (χ1v) is 12.3. The number of ether oxygens (including phenoxy) is 2. The SMILES string of the molecule is CC(=O)O[C@@H](C)[C@]1(O)CC[C@]2(O)[C@@H]3CC[C@H]4C[C@@H](O)CC[C@]4(C)[C@H]3C[C@@H](OC(C)=O)[C@]12C. The number of carbonyl (C=O) groups excluding carboxylic acids is 2. The standard InChI is InChI=1S/C25H40O7/c1-14(31-15(2)26)24(29)10-11-25(30)19-7-6-17-12-18(28)8-9-22(17,4)20(19)13-21(23(24,25)5)32-16(3)27/h14,17-21,28-30H,6-13H2,1-5H3/t14-,17-,18-,19+,20-,21+,22-,23+,24+,25-/m0/s1. The van der Waals surface area contributed by atoms with E-state index in [2.05, 4.69) is 6.92 Å². The van der Waals surface area contributed by atoms with Crippen LogP contribution in [0.1, 0.15) is 86.0 Å². The smallest absolute Gasteiger partial charge is 0.302 e. The quantitative estimate of drug-likeness (QED) is 0.564. The van der Waals surface area contributed by atoms with Crippen LogP contribution in [-0.4, -0.2) is 56.8 Å². The van der Waals surface area contributed by atoms with Crippen LogP contribution in [0.2, 0.25) is 0 Å². The number of aliphatic hydroxyl groups is 3. The lowest BCUT2D eigenvalue weighted by Crippen LogP contribution is -2.72. The first kappa shape index (κ1) is 24.0. The van der Waals surface area contributed by atoms with Gasteiger partial charge in [0, 0.05) is 13.8 Å². The zero-order valence-corrected chi connectivity index (χ0v) is 20.1. The summed E-state index contributed by atoms with van der Waals surface area (Å²) in [4.78, 5) is 23.9. The summed E-state index contributed by atoms with van der Waals surface area (Å²) < 4.78 is 11.3. The molecule has 4 rings (SSSR count). The molecule has 7 nitrogen and oxygen atoms in total. The number of aliphatic hydroxyl groups excluding tert-OH is 1. The molecule has 0 aromatic carbocycles. The molecule has 0 aromatic heterocycles. The van der Waals surface area contributed by atoms with Crippen molar-refractivity contribution in [1.82, 2.24) is 0 Å². The van der Waals surface area contributed by atoms with E-state index in [1.54, 1.807) is 6.92 Å². The van der Waals surface area contributed by atoms with Crippen molar-refractivity contribution >= 4 is 11.9 Å². The first-order valence-electron chi connectivity index (χ1n) is 12.3. The van der Waals surface area contributed by atoms with E-state index in [-0.39, 0.29) is 29.8 Å². The van der Waals surface area contributed by atoms with Gasteiger partial charge in [-0.05, 0) is 81.5 Å². The van der Waals surface area contributed by atoms with Gasteiger partial charge in [-0.1, -0.05) is 13.8 Å². The summed E-state index contributed by atoms with van der Waals surface area (Å²) in [5, 5.41) is 34.6. The average molecular weight is 453 g/mol. The van der Waals surface area contributed by atoms with Crippen molar-refractivity contribution in [2.75, 3.05) is 0 Å². The molecule has 0 radical (unpaired) electrons. The van der Waals surface area contributed by atoms with Crippen LogP contribution in [0.5, 0.6) is 0 Å². The Labute approximate surface area is 190 Å². The van der Waals surface area contributed by atoms with Gasteiger partial charge in [0.1, 0.15) is 17.8 Å². The number of carbonyl (C=O) groups is 2. The highest BCUT2D eigenvalue weighted by molar-refractivity contribution is 5.67. The molecule has 3 N–H and O–H groups in total. The fourth-order valence-corrected chi connectivity index (χ4v) is 8.59. The minimum atomic E-state index is -1.51. The Hall–Kier alpha value is -1.18. The maximum atomic E-state index is 12.4. The third-order valence-corrected chi connectivity index (χ3v) is 10.4. The fraction of sp³-hybridized carbons (Fsp3) is 0.920. The summed E-state index contributed by atoms with van der Waals surface area (Å²) in [6.07, 6.45) is 3.55. The third-order valence-electron chi connectivity index (χ3n) is 10.4. The Morgan fingerprint density at radius 2 is 1.62 bits per heavy atom. The number of hydrogen-bond donors (Lipinski definition) is 3. The predicted molar refractivity (Wildman–Crippen MR) is 116 cm³/mol. The van der Waals surface area contributed by atoms with Gasteiger partial charge in [-0.2, -0.15) is 0 Å². The summed E-state index contributed by atoms with van der Waals surface area (Å²) >= 11 is 0. The monoisotopic (exact) mass is 452 g/mol. The van der Waals surface area contributed by atoms with Gasteiger partial charge in [-0.3, -0.25) is 9.59 Å². The largest absolute Gasteiger partial charge is 0.462 e. The summed E-state index contributed by atoms with van der Waals surface area (Å²) in [5.74, 6) is -0.477. The lowest BCUT2D eigenvalue weighted by molar-refractivity contribution is -0.290. The highest BCUT2D eigenvalue weighted by Crippen LogP contribution is 2.70. The minimum Gasteiger partial charge on any atom is -0.462 e. The maximum absolute atomic E-state index is 12.4. The van der Waals surface area contributed by atoms with Crippen LogP contribution >= 0.6 is 0 Å². The van der Waals surface area contributed by atoms with Gasteiger partial charge in [0.2, 0.25) is 0 Å². The molecule has 4 saturated carbocycles. The maximum Gasteiger partial charge on any atom is 0.302 e. The Morgan fingerprint density at radius 3 is 2.25 bits per heavy atom. The van der Waals surface area contributed by atoms with E-state index in [1.165, 1.54) is 13.8 Å². The molecule has 4 aliphatic rings. The lowest BCUT2D eigenvalue weighted by atomic mass is 9.42. The molecule has 0 unspecified atom stereocenters. The van der Waals surface area contributed by atoms with E-state index in [0.717, 1.165) is 32.1 Å². The van der Waals surface area contributed by atoms with E-state index < -0.39 is 40.8 Å². The predicted octanol–water partition coefficient (Wildman–Crippen LogP) is 2.73. The van der Waals surface area contributed by atoms with Crippen LogP contribution in [-0.2, 0) is 19.1 Å². The molecule has 0 saturated heterocycles. The molecule has 0 bridgehead atoms. The molecule has 7 heteroatoms. The van der Waals surface area contributed by atoms with Crippen LogP contribution in [0.3, 0.4) is 0 Å². The minimum absolute atomic E-state index is 0.0469. The summed E-state index contributed by atoms with van der Waals surface area (Å²) in [7, 11) is 0. The van der Waals surface area contributed by atoms with Crippen molar-refractivity contribution in [3.8, 4) is 0 Å². The molecule has 10 atom stereocenters. The molecule has 0 aromatic rings. The van der Waals surface area contributed by atoms with Crippen LogP contribution in [0.25, 0.3) is 0 Å². The number of esters is 2. The molecule has 0 aliphatic heterocycles. The highest BCUT2D eigenvalue weighted by atomic mass is 16.6. The Balaban J connectivity index is 1.78. The third kappa shape index (κ3) is 3.10. The van der Waals surface area contributed by atoms with Crippen molar-refractivity contribution in [2.45, 2.75) is 115 Å². The lowest BCUT2D eigenvalue weighted by Gasteiger charge is -2.66. The fourth-order valence-electron chi connectivity index (χ4n) is 8.59. The van der Waals surface area contributed by atoms with Gasteiger partial charge >= 0.3 is 11.9 Å². The average Bonchev–Trinajstić information content (AvgIpc) is 2.92. The molecule has 4 fully saturated rings. The molecule has 32 heavy (non-hydrogen) atoms. The summed E-state index contributed by atoms with van der Waals surface area (Å²) in [6, 6.07) is 0. The molecule has 182 valence electrons. The normalized spacial score (nSPS) is 51.1. The molecule has 4 aliphatic carbocycles. The summed E-state index contributed by atoms with van der Waals surface area (Å²) in [5.41, 5.74) is -3.98. The first-order chi connectivity index (χ1) is 14.8. The van der Waals surface area contributed by atoms with E-state index in [9.17, 15) is 24.9 Å².